The Morgan fingerprint density at radius 2 is 0.472 bits per heavy atom. The number of rotatable bonds is 11. The number of anilines is 3. The Morgan fingerprint density at radius 3 is 0.736 bits per heavy atom. The molecule has 0 bridgehead atoms. The van der Waals surface area contributed by atoms with E-state index in [0.717, 1.165) is 51.2 Å². The largest absolute Gasteiger partial charge is 0.457 e. The molecule has 0 aromatic heterocycles. The van der Waals surface area contributed by atoms with Crippen LogP contribution in [0.25, 0.3) is 0 Å². The van der Waals surface area contributed by atoms with E-state index in [2.05, 4.69) is 81.4 Å². The van der Waals surface area contributed by atoms with Crippen LogP contribution in [0.5, 0.6) is 34.5 Å². The Hall–Kier alpha value is -6.66. The van der Waals surface area contributed by atoms with Gasteiger partial charge in [0.05, 0.1) is 0 Å². The number of nitrogen functional groups attached to an aromatic ring is 3. The van der Waals surface area contributed by atoms with Gasteiger partial charge in [0.15, 0.2) is 0 Å². The number of hydrogen-bond acceptors (Lipinski definition) is 6. The van der Waals surface area contributed by atoms with Crippen LogP contribution in [-0.4, -0.2) is 0 Å². The van der Waals surface area contributed by atoms with E-state index in [1.165, 1.54) is 11.1 Å². The molecule has 0 saturated heterocycles. The van der Waals surface area contributed by atoms with Gasteiger partial charge in [-0.15, -0.1) is 0 Å². The Bertz CT molecular complexity index is 2170. The lowest BCUT2D eigenvalue weighted by atomic mass is 9.70. The van der Waals surface area contributed by atoms with Gasteiger partial charge < -0.3 is 31.4 Å². The minimum absolute atomic E-state index is 0.253. The second kappa shape index (κ2) is 14.5. The highest BCUT2D eigenvalue weighted by molar-refractivity contribution is 5.54. The van der Waals surface area contributed by atoms with Crippen LogP contribution in [-0.2, 0) is 10.8 Å². The van der Waals surface area contributed by atoms with Crippen molar-refractivity contribution in [1.29, 1.82) is 0 Å². The summed E-state index contributed by atoms with van der Waals surface area (Å²) in [6.45, 7) is 6.76. The van der Waals surface area contributed by atoms with Crippen molar-refractivity contribution in [2.45, 2.75) is 31.6 Å². The molecule has 0 aliphatic heterocycles. The molecule has 0 unspecified atom stereocenters. The Balaban J connectivity index is 1.17. The summed E-state index contributed by atoms with van der Waals surface area (Å²) in [7, 11) is 0. The second-order valence-corrected chi connectivity index (χ2v) is 13.9. The average Bonchev–Trinajstić information content (AvgIpc) is 3.18. The highest BCUT2D eigenvalue weighted by Gasteiger charge is 2.32. The number of ether oxygens (including phenoxy) is 3. The lowest BCUT2D eigenvalue weighted by molar-refractivity contribution is 0.481. The first-order chi connectivity index (χ1) is 25.6. The lowest BCUT2D eigenvalue weighted by Crippen LogP contribution is -2.26. The molecule has 0 aliphatic carbocycles. The van der Waals surface area contributed by atoms with Crippen molar-refractivity contribution in [3.63, 3.8) is 0 Å². The van der Waals surface area contributed by atoms with Gasteiger partial charge in [0, 0.05) is 27.9 Å². The average molecular weight is 698 g/mol. The summed E-state index contributed by atoms with van der Waals surface area (Å²) >= 11 is 0. The summed E-state index contributed by atoms with van der Waals surface area (Å²) in [5, 5.41) is 0. The third kappa shape index (κ3) is 7.67. The maximum atomic E-state index is 6.14. The fourth-order valence-electron chi connectivity index (χ4n) is 6.56. The van der Waals surface area contributed by atoms with Gasteiger partial charge in [-0.3, -0.25) is 0 Å². The fraction of sp³-hybridized carbons (Fsp3) is 0.106. The highest BCUT2D eigenvalue weighted by Crippen LogP contribution is 2.42. The zero-order chi connectivity index (χ0) is 37.0. The van der Waals surface area contributed by atoms with E-state index < -0.39 is 5.41 Å². The first kappa shape index (κ1) is 34.8. The Labute approximate surface area is 311 Å². The van der Waals surface area contributed by atoms with Crippen molar-refractivity contribution in [3.8, 4) is 34.5 Å². The molecule has 6 nitrogen and oxygen atoms in total. The third-order valence-corrected chi connectivity index (χ3v) is 9.97. The van der Waals surface area contributed by atoms with Gasteiger partial charge in [-0.1, -0.05) is 74.5 Å². The third-order valence-electron chi connectivity index (χ3n) is 9.97. The van der Waals surface area contributed by atoms with Crippen LogP contribution >= 0.6 is 0 Å². The zero-order valence-corrected chi connectivity index (χ0v) is 30.1. The van der Waals surface area contributed by atoms with Crippen molar-refractivity contribution in [3.05, 3.63) is 198 Å². The van der Waals surface area contributed by atoms with Crippen LogP contribution in [0.1, 0.15) is 48.6 Å². The molecule has 0 atom stereocenters. The number of benzene rings is 7. The van der Waals surface area contributed by atoms with Gasteiger partial charge in [0.1, 0.15) is 34.5 Å². The van der Waals surface area contributed by atoms with Crippen molar-refractivity contribution in [1.82, 2.24) is 0 Å². The molecule has 0 spiro atoms. The minimum atomic E-state index is -0.497. The molecule has 7 aromatic carbocycles. The topological polar surface area (TPSA) is 106 Å². The van der Waals surface area contributed by atoms with Gasteiger partial charge in [-0.05, 0) is 144 Å². The molecule has 264 valence electrons. The van der Waals surface area contributed by atoms with Crippen molar-refractivity contribution in [2.75, 3.05) is 17.2 Å². The van der Waals surface area contributed by atoms with Crippen molar-refractivity contribution >= 4 is 17.1 Å². The summed E-state index contributed by atoms with van der Waals surface area (Å²) < 4.78 is 18.3. The van der Waals surface area contributed by atoms with Crippen molar-refractivity contribution in [2.24, 2.45) is 0 Å². The van der Waals surface area contributed by atoms with Crippen LogP contribution in [0.2, 0.25) is 0 Å². The van der Waals surface area contributed by atoms with Crippen LogP contribution in [0.3, 0.4) is 0 Å². The highest BCUT2D eigenvalue weighted by atomic mass is 16.5. The normalized spacial score (nSPS) is 11.5. The van der Waals surface area contributed by atoms with Crippen LogP contribution < -0.4 is 31.4 Å². The smallest absolute Gasteiger partial charge is 0.127 e. The van der Waals surface area contributed by atoms with Crippen LogP contribution in [0.4, 0.5) is 17.1 Å². The second-order valence-electron chi connectivity index (χ2n) is 13.9. The van der Waals surface area contributed by atoms with Gasteiger partial charge in [-0.2, -0.15) is 0 Å². The summed E-state index contributed by atoms with van der Waals surface area (Å²) in [4.78, 5) is 0. The number of nitrogens with two attached hydrogens (primary N) is 3. The molecule has 7 aromatic rings. The van der Waals surface area contributed by atoms with Crippen molar-refractivity contribution < 1.29 is 14.2 Å². The van der Waals surface area contributed by atoms with E-state index >= 15 is 0 Å². The molecule has 53 heavy (non-hydrogen) atoms. The monoisotopic (exact) mass is 697 g/mol. The molecule has 7 rings (SSSR count). The van der Waals surface area contributed by atoms with Gasteiger partial charge in [-0.25, -0.2) is 0 Å². The predicted octanol–water partition coefficient (Wildman–Crippen LogP) is 11.5. The molecular weight excluding hydrogens is 655 g/mol. The summed E-state index contributed by atoms with van der Waals surface area (Å²) in [5.74, 6) is 4.47. The first-order valence-electron chi connectivity index (χ1n) is 17.6. The lowest BCUT2D eigenvalue weighted by Gasteiger charge is -2.33. The van der Waals surface area contributed by atoms with E-state index in [-0.39, 0.29) is 5.41 Å². The van der Waals surface area contributed by atoms with Crippen LogP contribution in [0.15, 0.2) is 170 Å². The first-order valence-corrected chi connectivity index (χ1v) is 17.6. The molecule has 0 saturated carbocycles. The molecule has 0 radical (unpaired) electrons. The SMILES string of the molecule is CC(C)(c1ccc(Oc2ccc(N)cc2)cc1)c1ccc(C(C)(c2ccc(Oc3ccc(N)cc3)cc2)c2ccc(Oc3ccc(N)cc3)cc2)cc1. The predicted molar refractivity (Wildman–Crippen MR) is 216 cm³/mol. The minimum Gasteiger partial charge on any atom is -0.457 e. The summed E-state index contributed by atoms with van der Waals surface area (Å²) in [6.07, 6.45) is 0. The van der Waals surface area contributed by atoms with E-state index in [9.17, 15) is 0 Å². The number of hydrogen-bond donors (Lipinski definition) is 3. The molecule has 6 N–H and O–H groups in total. The zero-order valence-electron chi connectivity index (χ0n) is 30.1. The maximum absolute atomic E-state index is 6.14. The molecule has 0 fully saturated rings. The van der Waals surface area contributed by atoms with E-state index in [0.29, 0.717) is 17.1 Å². The van der Waals surface area contributed by atoms with Gasteiger partial charge in [0.25, 0.3) is 0 Å². The Morgan fingerprint density at radius 1 is 0.283 bits per heavy atom. The molecular formula is C47H43N3O3. The van der Waals surface area contributed by atoms with Gasteiger partial charge in [0.2, 0.25) is 0 Å². The molecule has 6 heteroatoms. The summed E-state index contributed by atoms with van der Waals surface area (Å²) in [6, 6.07) is 56.1. The van der Waals surface area contributed by atoms with Crippen LogP contribution in [0, 0.1) is 0 Å². The maximum Gasteiger partial charge on any atom is 0.127 e. The quantitative estimate of drug-likeness (QED) is 0.0918. The molecule has 0 amide bonds. The Kier molecular flexibility index (Phi) is 9.53. The van der Waals surface area contributed by atoms with E-state index in [1.54, 1.807) is 0 Å². The van der Waals surface area contributed by atoms with E-state index in [4.69, 9.17) is 31.4 Å². The van der Waals surface area contributed by atoms with Gasteiger partial charge >= 0.3 is 0 Å². The standard InChI is InChI=1S/C47H43N3O3/c1-46(2,33-8-20-40(21-9-33)51-43-26-14-37(48)15-27-43)32-4-6-34(7-5-32)47(3,35-10-22-41(23-11-35)52-44-28-16-38(49)17-29-44)36-12-24-42(25-13-36)53-45-30-18-39(50)19-31-45/h4-31H,48-50H2,1-3H3. The fourth-order valence-corrected chi connectivity index (χ4v) is 6.56. The summed E-state index contributed by atoms with van der Waals surface area (Å²) in [5.41, 5.74) is 24.7. The van der Waals surface area contributed by atoms with E-state index in [1.807, 2.05) is 109 Å². The molecule has 0 heterocycles. The molecule has 0 aliphatic rings.